The Balaban J connectivity index is 1.82. The van der Waals surface area contributed by atoms with Gasteiger partial charge in [-0.05, 0) is 36.9 Å². The van der Waals surface area contributed by atoms with Crippen LogP contribution in [0.15, 0.2) is 54.6 Å². The maximum absolute atomic E-state index is 13.0. The molecule has 2 aromatic carbocycles. The first kappa shape index (κ1) is 19.0. The minimum atomic E-state index is 0.00169. The van der Waals surface area contributed by atoms with Crippen molar-refractivity contribution in [3.05, 3.63) is 65.7 Å². The number of carbonyl (C=O) groups excluding carboxylic acids is 1. The first-order chi connectivity index (χ1) is 13.1. The number of piperazine rings is 1. The average Bonchev–Trinajstić information content (AvgIpc) is 2.72. The Morgan fingerprint density at radius 1 is 1.07 bits per heavy atom. The van der Waals surface area contributed by atoms with Gasteiger partial charge in [0.2, 0.25) is 5.91 Å². The predicted octanol–water partition coefficient (Wildman–Crippen LogP) is 3.23. The summed E-state index contributed by atoms with van der Waals surface area (Å²) in [5.41, 5.74) is 1.97. The van der Waals surface area contributed by atoms with Crippen LogP contribution in [0.3, 0.4) is 0 Å². The van der Waals surface area contributed by atoms with Crippen molar-refractivity contribution in [1.82, 2.24) is 9.80 Å². The molecular formula is C22H26N2O3. The van der Waals surface area contributed by atoms with Crippen molar-refractivity contribution in [2.24, 2.45) is 0 Å². The largest absolute Gasteiger partial charge is 0.497 e. The van der Waals surface area contributed by atoms with Crippen LogP contribution in [0, 0.1) is 0 Å². The Labute approximate surface area is 160 Å². The Kier molecular flexibility index (Phi) is 6.14. The van der Waals surface area contributed by atoms with Crippen LogP contribution in [-0.2, 0) is 4.79 Å². The van der Waals surface area contributed by atoms with Crippen LogP contribution < -0.4 is 9.47 Å². The lowest BCUT2D eigenvalue weighted by molar-refractivity contribution is -0.130. The fourth-order valence-electron chi connectivity index (χ4n) is 3.37. The SMILES string of the molecule is COc1ccc(OC)c(/C=C/C(=O)N2CCN(C)CC2c2ccccc2)c1. The number of hydrogen-bond acceptors (Lipinski definition) is 4. The second kappa shape index (κ2) is 8.73. The normalized spacial score (nSPS) is 17.9. The number of hydrogen-bond donors (Lipinski definition) is 0. The molecule has 3 rings (SSSR count). The summed E-state index contributed by atoms with van der Waals surface area (Å²) in [5.74, 6) is 1.43. The van der Waals surface area contributed by atoms with Gasteiger partial charge in [-0.15, -0.1) is 0 Å². The second-order valence-electron chi connectivity index (χ2n) is 6.66. The summed E-state index contributed by atoms with van der Waals surface area (Å²) in [6, 6.07) is 15.8. The number of amides is 1. The van der Waals surface area contributed by atoms with Crippen molar-refractivity contribution >= 4 is 12.0 Å². The number of carbonyl (C=O) groups is 1. The zero-order valence-electron chi connectivity index (χ0n) is 16.1. The molecule has 0 spiro atoms. The lowest BCUT2D eigenvalue weighted by atomic mass is 10.0. The van der Waals surface area contributed by atoms with Crippen molar-refractivity contribution in [2.75, 3.05) is 40.9 Å². The Morgan fingerprint density at radius 3 is 2.56 bits per heavy atom. The fraction of sp³-hybridized carbons (Fsp3) is 0.318. The summed E-state index contributed by atoms with van der Waals surface area (Å²) < 4.78 is 10.7. The third-order valence-electron chi connectivity index (χ3n) is 4.89. The fourth-order valence-corrected chi connectivity index (χ4v) is 3.37. The molecule has 5 heteroatoms. The lowest BCUT2D eigenvalue weighted by Crippen LogP contribution is -2.48. The van der Waals surface area contributed by atoms with Gasteiger partial charge in [-0.2, -0.15) is 0 Å². The van der Waals surface area contributed by atoms with E-state index in [-0.39, 0.29) is 11.9 Å². The van der Waals surface area contributed by atoms with Crippen LogP contribution in [0.2, 0.25) is 0 Å². The number of benzene rings is 2. The van der Waals surface area contributed by atoms with Crippen LogP contribution in [0.4, 0.5) is 0 Å². The van der Waals surface area contributed by atoms with E-state index in [1.165, 1.54) is 0 Å². The number of rotatable bonds is 5. The first-order valence-electron chi connectivity index (χ1n) is 9.06. The van der Waals surface area contributed by atoms with Gasteiger partial charge in [-0.3, -0.25) is 4.79 Å². The molecule has 0 saturated carbocycles. The first-order valence-corrected chi connectivity index (χ1v) is 9.06. The van der Waals surface area contributed by atoms with Crippen LogP contribution in [0.25, 0.3) is 6.08 Å². The van der Waals surface area contributed by atoms with E-state index in [4.69, 9.17) is 9.47 Å². The molecule has 1 fully saturated rings. The van der Waals surface area contributed by atoms with Crippen molar-refractivity contribution in [2.45, 2.75) is 6.04 Å². The quantitative estimate of drug-likeness (QED) is 0.762. The van der Waals surface area contributed by atoms with E-state index in [9.17, 15) is 4.79 Å². The summed E-state index contributed by atoms with van der Waals surface area (Å²) in [4.78, 5) is 17.2. The molecule has 0 radical (unpaired) electrons. The molecule has 1 unspecified atom stereocenters. The van der Waals surface area contributed by atoms with E-state index in [2.05, 4.69) is 24.1 Å². The van der Waals surface area contributed by atoms with Gasteiger partial charge in [0.1, 0.15) is 11.5 Å². The molecule has 142 valence electrons. The van der Waals surface area contributed by atoms with Crippen molar-refractivity contribution in [3.8, 4) is 11.5 Å². The summed E-state index contributed by atoms with van der Waals surface area (Å²) in [6.45, 7) is 2.39. The van der Waals surface area contributed by atoms with Crippen molar-refractivity contribution in [1.29, 1.82) is 0 Å². The molecular weight excluding hydrogens is 340 g/mol. The summed E-state index contributed by atoms with van der Waals surface area (Å²) in [5, 5.41) is 0. The topological polar surface area (TPSA) is 42.0 Å². The van der Waals surface area contributed by atoms with Gasteiger partial charge in [0.15, 0.2) is 0 Å². The van der Waals surface area contributed by atoms with Crippen LogP contribution in [0.1, 0.15) is 17.2 Å². The predicted molar refractivity (Wildman–Crippen MR) is 107 cm³/mol. The highest BCUT2D eigenvalue weighted by Crippen LogP contribution is 2.27. The molecule has 27 heavy (non-hydrogen) atoms. The molecule has 1 aliphatic heterocycles. The highest BCUT2D eigenvalue weighted by atomic mass is 16.5. The molecule has 1 atom stereocenters. The highest BCUT2D eigenvalue weighted by Gasteiger charge is 2.29. The Hall–Kier alpha value is -2.79. The van der Waals surface area contributed by atoms with Gasteiger partial charge in [0.05, 0.1) is 20.3 Å². The molecule has 0 N–H and O–H groups in total. The number of nitrogens with zero attached hydrogens (tertiary/aromatic N) is 2. The molecule has 1 amide bonds. The Morgan fingerprint density at radius 2 is 1.85 bits per heavy atom. The van der Waals surface area contributed by atoms with Crippen LogP contribution >= 0.6 is 0 Å². The summed E-state index contributed by atoms with van der Waals surface area (Å²) in [6.07, 6.45) is 3.42. The van der Waals surface area contributed by atoms with Crippen LogP contribution in [-0.4, -0.2) is 56.6 Å². The molecule has 1 saturated heterocycles. The third-order valence-corrected chi connectivity index (χ3v) is 4.89. The van der Waals surface area contributed by atoms with Gasteiger partial charge in [-0.1, -0.05) is 30.3 Å². The molecule has 0 aliphatic carbocycles. The molecule has 5 nitrogen and oxygen atoms in total. The number of ether oxygens (including phenoxy) is 2. The average molecular weight is 366 g/mol. The van der Waals surface area contributed by atoms with Crippen molar-refractivity contribution in [3.63, 3.8) is 0 Å². The maximum Gasteiger partial charge on any atom is 0.247 e. The van der Waals surface area contributed by atoms with Gasteiger partial charge < -0.3 is 19.3 Å². The van der Waals surface area contributed by atoms with Gasteiger partial charge >= 0.3 is 0 Å². The third kappa shape index (κ3) is 4.49. The molecule has 0 bridgehead atoms. The standard InChI is InChI=1S/C22H26N2O3/c1-23-13-14-24(20(16-23)17-7-5-4-6-8-17)22(25)12-9-18-15-19(26-2)10-11-21(18)27-3/h4-12,15,20H,13-14,16H2,1-3H3/b12-9+. The van der Waals surface area contributed by atoms with E-state index >= 15 is 0 Å². The van der Waals surface area contributed by atoms with E-state index in [0.717, 1.165) is 30.0 Å². The smallest absolute Gasteiger partial charge is 0.247 e. The zero-order chi connectivity index (χ0) is 19.2. The van der Waals surface area contributed by atoms with E-state index in [1.807, 2.05) is 41.3 Å². The second-order valence-corrected chi connectivity index (χ2v) is 6.66. The van der Waals surface area contributed by atoms with E-state index < -0.39 is 0 Å². The van der Waals surface area contributed by atoms with Crippen LogP contribution in [0.5, 0.6) is 11.5 Å². The van der Waals surface area contributed by atoms with E-state index in [0.29, 0.717) is 12.3 Å². The lowest BCUT2D eigenvalue weighted by Gasteiger charge is -2.40. The molecule has 2 aromatic rings. The number of methoxy groups -OCH3 is 2. The minimum absolute atomic E-state index is 0.00169. The molecule has 1 heterocycles. The molecule has 1 aliphatic rings. The minimum Gasteiger partial charge on any atom is -0.497 e. The maximum atomic E-state index is 13.0. The Bertz CT molecular complexity index is 804. The van der Waals surface area contributed by atoms with Gasteiger partial charge in [-0.25, -0.2) is 0 Å². The van der Waals surface area contributed by atoms with Crippen molar-refractivity contribution < 1.29 is 14.3 Å². The summed E-state index contributed by atoms with van der Waals surface area (Å²) >= 11 is 0. The van der Waals surface area contributed by atoms with Gasteiger partial charge in [0, 0.05) is 31.3 Å². The summed E-state index contributed by atoms with van der Waals surface area (Å²) in [7, 11) is 5.33. The van der Waals surface area contributed by atoms with E-state index in [1.54, 1.807) is 26.4 Å². The highest BCUT2D eigenvalue weighted by molar-refractivity contribution is 5.92. The number of likely N-dealkylation sites (N-methyl/N-ethyl adjacent to an activating group) is 1. The molecule has 0 aromatic heterocycles. The van der Waals surface area contributed by atoms with Gasteiger partial charge in [0.25, 0.3) is 0 Å². The zero-order valence-corrected chi connectivity index (χ0v) is 16.1. The monoisotopic (exact) mass is 366 g/mol.